The van der Waals surface area contributed by atoms with Crippen LogP contribution in [-0.4, -0.2) is 130 Å². The molecule has 0 N–H and O–H groups in total. The summed E-state index contributed by atoms with van der Waals surface area (Å²) in [4.78, 5) is 10.6. The van der Waals surface area contributed by atoms with Crippen LogP contribution in [-0.2, 0) is 13.3 Å². The smallest absolute Gasteiger partial charge is 0.374 e. The normalized spacial score (nSPS) is 20.3. The molecule has 0 aliphatic carbocycles. The predicted octanol–water partition coefficient (Wildman–Crippen LogP) is 2.74. The fourth-order valence-corrected chi connectivity index (χ4v) is 10.5. The van der Waals surface area contributed by atoms with Gasteiger partial charge in [-0.1, -0.05) is 38.1 Å². The molecule has 0 bridgehead atoms. The van der Waals surface area contributed by atoms with Gasteiger partial charge in [0.2, 0.25) is 0 Å². The molecule has 2 saturated heterocycles. The summed E-state index contributed by atoms with van der Waals surface area (Å²) in [6, 6.07) is 2.46. The number of nitrogens with zero attached hydrogens (tertiary/aromatic N) is 4. The molecule has 9 heteroatoms. The highest BCUT2D eigenvalue weighted by atomic mass is 28.4. The minimum atomic E-state index is -2.44. The Hall–Kier alpha value is 0.154. The SMILES string of the molecule is CCO[Si](CCCCCCCC[SiH2]C(N1CCN(C)CC1)N1CCN(C)CC1)(OCC)OCC. The molecule has 0 amide bonds. The third-order valence-electron chi connectivity index (χ3n) is 7.46. The van der Waals surface area contributed by atoms with Gasteiger partial charge in [-0.05, 0) is 41.3 Å². The first-order valence-electron chi connectivity index (χ1n) is 14.3. The molecule has 7 nitrogen and oxygen atoms in total. The lowest BCUT2D eigenvalue weighted by atomic mass is 10.1. The van der Waals surface area contributed by atoms with Gasteiger partial charge in [-0.15, -0.1) is 0 Å². The summed E-state index contributed by atoms with van der Waals surface area (Å²) in [6.45, 7) is 18.1. The fraction of sp³-hybridized carbons (Fsp3) is 1.00. The second kappa shape index (κ2) is 17.6. The summed E-state index contributed by atoms with van der Waals surface area (Å²) in [5.41, 5.74) is 0. The molecule has 0 saturated carbocycles. The molecule has 2 rings (SSSR count). The third kappa shape index (κ3) is 11.0. The Morgan fingerprint density at radius 1 is 0.618 bits per heavy atom. The maximum Gasteiger partial charge on any atom is 0.500 e. The molecule has 0 aromatic carbocycles. The van der Waals surface area contributed by atoms with Gasteiger partial charge in [-0.2, -0.15) is 0 Å². The first-order chi connectivity index (χ1) is 16.5. The fourth-order valence-electron chi connectivity index (χ4n) is 5.39. The van der Waals surface area contributed by atoms with E-state index in [9.17, 15) is 0 Å². The Labute approximate surface area is 214 Å². The topological polar surface area (TPSA) is 40.7 Å². The number of unbranched alkanes of at least 4 members (excludes halogenated alkanes) is 5. The van der Waals surface area contributed by atoms with Gasteiger partial charge in [0.25, 0.3) is 0 Å². The van der Waals surface area contributed by atoms with E-state index in [1.165, 1.54) is 90.5 Å². The van der Waals surface area contributed by atoms with E-state index in [1.807, 2.05) is 20.8 Å². The average Bonchev–Trinajstić information content (AvgIpc) is 2.82. The lowest BCUT2D eigenvalue weighted by Gasteiger charge is -2.46. The monoisotopic (exact) mass is 516 g/mol. The number of hydrogen-bond acceptors (Lipinski definition) is 7. The Morgan fingerprint density at radius 3 is 1.47 bits per heavy atom. The highest BCUT2D eigenvalue weighted by Gasteiger charge is 2.39. The molecule has 2 heterocycles. The van der Waals surface area contributed by atoms with Crippen molar-refractivity contribution in [2.24, 2.45) is 0 Å². The summed E-state index contributed by atoms with van der Waals surface area (Å²) in [5, 5.41) is 0. The van der Waals surface area contributed by atoms with E-state index in [1.54, 1.807) is 0 Å². The van der Waals surface area contributed by atoms with Gasteiger partial charge in [0, 0.05) is 84.0 Å². The molecule has 0 aromatic rings. The second-order valence-corrected chi connectivity index (χ2v) is 14.9. The molecule has 0 spiro atoms. The molecule has 0 atom stereocenters. The number of rotatable bonds is 18. The van der Waals surface area contributed by atoms with Gasteiger partial charge in [-0.25, -0.2) is 0 Å². The molecular weight excluding hydrogens is 460 g/mol. The molecular formula is C25H56N4O3Si2. The quantitative estimate of drug-likeness (QED) is 0.205. The van der Waals surface area contributed by atoms with Gasteiger partial charge in [-0.3, -0.25) is 9.80 Å². The van der Waals surface area contributed by atoms with E-state index >= 15 is 0 Å². The molecule has 2 aliphatic heterocycles. The molecule has 0 radical (unpaired) electrons. The molecule has 2 fully saturated rings. The Morgan fingerprint density at radius 2 is 1.03 bits per heavy atom. The minimum Gasteiger partial charge on any atom is -0.374 e. The zero-order valence-corrected chi connectivity index (χ0v) is 25.6. The number of piperazine rings is 2. The van der Waals surface area contributed by atoms with Crippen molar-refractivity contribution in [1.29, 1.82) is 0 Å². The first kappa shape index (κ1) is 30.4. The molecule has 202 valence electrons. The van der Waals surface area contributed by atoms with Crippen molar-refractivity contribution in [2.45, 2.75) is 77.2 Å². The maximum absolute atomic E-state index is 5.99. The maximum atomic E-state index is 5.99. The van der Waals surface area contributed by atoms with Gasteiger partial charge in [0.1, 0.15) is 0 Å². The van der Waals surface area contributed by atoms with Crippen molar-refractivity contribution in [2.75, 3.05) is 86.3 Å². The second-order valence-electron chi connectivity index (χ2n) is 10.2. The summed E-state index contributed by atoms with van der Waals surface area (Å²) in [6.07, 6.45) is 7.96. The van der Waals surface area contributed by atoms with E-state index in [-0.39, 0.29) is 9.52 Å². The van der Waals surface area contributed by atoms with Crippen LogP contribution in [0.3, 0.4) is 0 Å². The van der Waals surface area contributed by atoms with E-state index in [4.69, 9.17) is 13.3 Å². The van der Waals surface area contributed by atoms with Crippen LogP contribution in [0.2, 0.25) is 12.1 Å². The van der Waals surface area contributed by atoms with Crippen LogP contribution in [0, 0.1) is 0 Å². The Kier molecular flexibility index (Phi) is 15.7. The predicted molar refractivity (Wildman–Crippen MR) is 148 cm³/mol. The van der Waals surface area contributed by atoms with Crippen LogP contribution in [0.5, 0.6) is 0 Å². The largest absolute Gasteiger partial charge is 0.500 e. The van der Waals surface area contributed by atoms with Crippen molar-refractivity contribution >= 4 is 18.3 Å². The van der Waals surface area contributed by atoms with Gasteiger partial charge in [0.05, 0.1) is 9.52 Å². The van der Waals surface area contributed by atoms with Gasteiger partial charge in [0.15, 0.2) is 0 Å². The molecule has 34 heavy (non-hydrogen) atoms. The zero-order valence-electron chi connectivity index (χ0n) is 23.2. The summed E-state index contributed by atoms with van der Waals surface area (Å²) >= 11 is 0. The standard InChI is InChI=1S/C25H56N4O3Si2/c1-6-30-34(31-7-2,32-8-3)24-14-12-10-9-11-13-23-33-25(28-19-15-26(4)16-20-28)29-21-17-27(5)18-22-29/h25H,6-24,33H2,1-5H3. The molecule has 2 aliphatic rings. The van der Waals surface area contributed by atoms with Crippen molar-refractivity contribution in [3.05, 3.63) is 0 Å². The van der Waals surface area contributed by atoms with Crippen molar-refractivity contribution in [3.63, 3.8) is 0 Å². The van der Waals surface area contributed by atoms with E-state index in [2.05, 4.69) is 33.7 Å². The van der Waals surface area contributed by atoms with Crippen molar-refractivity contribution in [1.82, 2.24) is 19.6 Å². The highest BCUT2D eigenvalue weighted by molar-refractivity contribution is 6.60. The van der Waals surface area contributed by atoms with Crippen LogP contribution in [0.15, 0.2) is 0 Å². The van der Waals surface area contributed by atoms with Gasteiger partial charge < -0.3 is 23.1 Å². The van der Waals surface area contributed by atoms with Crippen LogP contribution in [0.1, 0.15) is 59.3 Å². The minimum absolute atomic E-state index is 0.108. The van der Waals surface area contributed by atoms with E-state index in [0.717, 1.165) is 18.3 Å². The zero-order chi connectivity index (χ0) is 24.7. The van der Waals surface area contributed by atoms with Gasteiger partial charge >= 0.3 is 8.80 Å². The number of likely N-dealkylation sites (N-methyl/N-ethyl adjacent to an activating group) is 2. The first-order valence-corrected chi connectivity index (χ1v) is 18.1. The van der Waals surface area contributed by atoms with Crippen LogP contribution in [0.25, 0.3) is 0 Å². The summed E-state index contributed by atoms with van der Waals surface area (Å²) in [5.74, 6) is 0.788. The summed E-state index contributed by atoms with van der Waals surface area (Å²) in [7, 11) is 1.99. The molecule has 0 aromatic heterocycles. The number of hydrogen-bond donors (Lipinski definition) is 0. The Bertz CT molecular complexity index is 466. The van der Waals surface area contributed by atoms with E-state index < -0.39 is 8.80 Å². The van der Waals surface area contributed by atoms with Crippen LogP contribution < -0.4 is 0 Å². The third-order valence-corrected chi connectivity index (χ3v) is 13.1. The van der Waals surface area contributed by atoms with Crippen LogP contribution in [0.4, 0.5) is 0 Å². The van der Waals surface area contributed by atoms with Crippen molar-refractivity contribution < 1.29 is 13.3 Å². The molecule has 0 unspecified atom stereocenters. The summed E-state index contributed by atoms with van der Waals surface area (Å²) < 4.78 is 18.0. The lowest BCUT2D eigenvalue weighted by molar-refractivity contribution is 0.0311. The van der Waals surface area contributed by atoms with Crippen LogP contribution >= 0.6 is 0 Å². The lowest BCUT2D eigenvalue weighted by Crippen LogP contribution is -2.61. The average molecular weight is 517 g/mol. The Balaban J connectivity index is 1.63. The highest BCUT2D eigenvalue weighted by Crippen LogP contribution is 2.21. The van der Waals surface area contributed by atoms with E-state index in [0.29, 0.717) is 19.8 Å². The van der Waals surface area contributed by atoms with Crippen molar-refractivity contribution in [3.8, 4) is 0 Å².